The molecule has 1 saturated heterocycles. The molecule has 3 aromatic heterocycles. The van der Waals surface area contributed by atoms with Crippen LogP contribution in [0.25, 0.3) is 16.3 Å². The highest BCUT2D eigenvalue weighted by atomic mass is 35.5. The van der Waals surface area contributed by atoms with Crippen LogP contribution < -0.4 is 4.72 Å². The van der Waals surface area contributed by atoms with E-state index in [0.717, 1.165) is 0 Å². The molecule has 0 radical (unpaired) electrons. The second kappa shape index (κ2) is 6.41. The first kappa shape index (κ1) is 18.6. The van der Waals surface area contributed by atoms with Crippen LogP contribution in [0.1, 0.15) is 18.4 Å². The summed E-state index contributed by atoms with van der Waals surface area (Å²) in [6, 6.07) is 1.30. The predicted octanol–water partition coefficient (Wildman–Crippen LogP) is 2.51. The number of nitrogens with zero attached hydrogens (tertiary/aromatic N) is 4. The van der Waals surface area contributed by atoms with Crippen LogP contribution in [0.4, 0.5) is 8.78 Å². The molecule has 0 saturated carbocycles. The van der Waals surface area contributed by atoms with Crippen LogP contribution in [-0.2, 0) is 14.8 Å². The molecule has 1 aliphatic rings. The van der Waals surface area contributed by atoms with Crippen LogP contribution in [0.2, 0.25) is 5.02 Å². The first-order valence-electron chi connectivity index (χ1n) is 7.59. The molecule has 144 valence electrons. The molecule has 0 atom stereocenters. The monoisotopic (exact) mass is 435 g/mol. The van der Waals surface area contributed by atoms with Gasteiger partial charge in [0.05, 0.1) is 35.5 Å². The number of aromatic nitrogens is 4. The molecule has 1 fully saturated rings. The van der Waals surface area contributed by atoms with Crippen molar-refractivity contribution >= 4 is 38.5 Å². The van der Waals surface area contributed by atoms with E-state index in [1.165, 1.54) is 22.9 Å². The SMILES string of the molecule is CC1(NS(=O)(=O)c2cc(Cl)c3cnc(-c4nnc(C(F)F)s4)n3c2)COC1. The van der Waals surface area contributed by atoms with Gasteiger partial charge in [-0.1, -0.05) is 22.9 Å². The molecule has 0 unspecified atom stereocenters. The molecule has 13 heteroatoms. The van der Waals surface area contributed by atoms with Gasteiger partial charge in [-0.15, -0.1) is 10.2 Å². The largest absolute Gasteiger partial charge is 0.377 e. The molecule has 0 aromatic carbocycles. The van der Waals surface area contributed by atoms with Gasteiger partial charge in [-0.2, -0.15) is 0 Å². The Bertz CT molecular complexity index is 1130. The third kappa shape index (κ3) is 3.31. The van der Waals surface area contributed by atoms with Crippen molar-refractivity contribution in [3.8, 4) is 10.8 Å². The van der Waals surface area contributed by atoms with Crippen LogP contribution >= 0.6 is 22.9 Å². The van der Waals surface area contributed by atoms with Gasteiger partial charge in [-0.05, 0) is 13.0 Å². The van der Waals surface area contributed by atoms with Crippen LogP contribution in [0, 0.1) is 0 Å². The summed E-state index contributed by atoms with van der Waals surface area (Å²) in [5.74, 6) is 0.173. The number of halogens is 3. The van der Waals surface area contributed by atoms with Crippen molar-refractivity contribution in [2.45, 2.75) is 23.8 Å². The van der Waals surface area contributed by atoms with E-state index in [0.29, 0.717) is 16.9 Å². The summed E-state index contributed by atoms with van der Waals surface area (Å²) in [7, 11) is -3.89. The van der Waals surface area contributed by atoms with Crippen LogP contribution in [-0.4, -0.2) is 46.8 Å². The molecule has 27 heavy (non-hydrogen) atoms. The van der Waals surface area contributed by atoms with E-state index < -0.39 is 27.0 Å². The van der Waals surface area contributed by atoms with E-state index >= 15 is 0 Å². The average molecular weight is 436 g/mol. The standard InChI is InChI=1S/C14H12ClF2N5O3S2/c1-14(5-25-6-14)21-27(23,24)7-2-8(15)9-3-18-11(22(9)4-7)13-20-19-12(26-13)10(16)17/h2-4,10,21H,5-6H2,1H3. The van der Waals surface area contributed by atoms with Gasteiger partial charge in [-0.3, -0.25) is 4.40 Å². The number of hydrogen-bond donors (Lipinski definition) is 1. The fourth-order valence-electron chi connectivity index (χ4n) is 2.60. The van der Waals surface area contributed by atoms with Gasteiger partial charge in [0.1, 0.15) is 4.90 Å². The van der Waals surface area contributed by atoms with Gasteiger partial charge in [-0.25, -0.2) is 26.9 Å². The molecule has 4 rings (SSSR count). The highest BCUT2D eigenvalue weighted by Crippen LogP contribution is 2.31. The van der Waals surface area contributed by atoms with Gasteiger partial charge < -0.3 is 4.74 Å². The van der Waals surface area contributed by atoms with Crippen LogP contribution in [0.3, 0.4) is 0 Å². The Labute approximate surface area is 161 Å². The topological polar surface area (TPSA) is 98.5 Å². The summed E-state index contributed by atoms with van der Waals surface area (Å²) in [4.78, 5) is 4.04. The number of sulfonamides is 1. The third-order valence-electron chi connectivity index (χ3n) is 3.92. The van der Waals surface area contributed by atoms with Gasteiger partial charge >= 0.3 is 0 Å². The van der Waals surface area contributed by atoms with Gasteiger partial charge in [0.15, 0.2) is 15.8 Å². The molecule has 4 heterocycles. The molecular formula is C14H12ClF2N5O3S2. The number of alkyl halides is 2. The second-order valence-electron chi connectivity index (χ2n) is 6.27. The van der Waals surface area contributed by atoms with Crippen molar-refractivity contribution < 1.29 is 21.9 Å². The summed E-state index contributed by atoms with van der Waals surface area (Å²) in [6.45, 7) is 2.25. The molecule has 3 aromatic rings. The van der Waals surface area contributed by atoms with E-state index in [-0.39, 0.29) is 34.0 Å². The Kier molecular flexibility index (Phi) is 4.42. The highest BCUT2D eigenvalue weighted by Gasteiger charge is 2.38. The molecule has 8 nitrogen and oxygen atoms in total. The number of nitrogens with one attached hydrogen (secondary N) is 1. The molecule has 0 aliphatic carbocycles. The van der Waals surface area contributed by atoms with E-state index in [9.17, 15) is 17.2 Å². The number of rotatable bonds is 5. The lowest BCUT2D eigenvalue weighted by atomic mass is 10.0. The summed E-state index contributed by atoms with van der Waals surface area (Å²) < 4.78 is 60.0. The van der Waals surface area contributed by atoms with Crippen LogP contribution in [0.15, 0.2) is 23.4 Å². The Balaban J connectivity index is 1.80. The minimum Gasteiger partial charge on any atom is -0.377 e. The first-order chi connectivity index (χ1) is 12.7. The number of ether oxygens (including phenoxy) is 1. The third-order valence-corrected chi connectivity index (χ3v) is 6.75. The number of pyridine rings is 1. The number of hydrogen-bond acceptors (Lipinski definition) is 7. The summed E-state index contributed by atoms with van der Waals surface area (Å²) in [5, 5.41) is 6.96. The maximum Gasteiger partial charge on any atom is 0.291 e. The Hall–Kier alpha value is -1.73. The maximum atomic E-state index is 12.8. The predicted molar refractivity (Wildman–Crippen MR) is 93.6 cm³/mol. The Morgan fingerprint density at radius 2 is 2.15 bits per heavy atom. The van der Waals surface area contributed by atoms with Crippen molar-refractivity contribution in [2.24, 2.45) is 0 Å². The normalized spacial score (nSPS) is 16.8. The molecule has 0 amide bonds. The number of imidazole rings is 1. The van der Waals surface area contributed by atoms with Gasteiger partial charge in [0.25, 0.3) is 6.43 Å². The Morgan fingerprint density at radius 1 is 1.41 bits per heavy atom. The number of fused-ring (bicyclic) bond motifs is 1. The maximum absolute atomic E-state index is 12.8. The summed E-state index contributed by atoms with van der Waals surface area (Å²) >= 11 is 6.89. The van der Waals surface area contributed by atoms with E-state index in [2.05, 4.69) is 19.9 Å². The molecule has 0 spiro atoms. The first-order valence-corrected chi connectivity index (χ1v) is 10.3. The van der Waals surface area contributed by atoms with Gasteiger partial charge in [0.2, 0.25) is 10.0 Å². The average Bonchev–Trinajstić information content (AvgIpc) is 3.19. The van der Waals surface area contributed by atoms with E-state index in [4.69, 9.17) is 16.3 Å². The van der Waals surface area contributed by atoms with Crippen molar-refractivity contribution in [3.63, 3.8) is 0 Å². The zero-order valence-corrected chi connectivity index (χ0v) is 16.1. The summed E-state index contributed by atoms with van der Waals surface area (Å²) in [5.41, 5.74) is -0.277. The minimum absolute atomic E-state index is 0.0917. The second-order valence-corrected chi connectivity index (χ2v) is 9.36. The zero-order chi connectivity index (χ0) is 19.4. The smallest absolute Gasteiger partial charge is 0.291 e. The minimum atomic E-state index is -3.89. The van der Waals surface area contributed by atoms with Gasteiger partial charge in [0, 0.05) is 6.20 Å². The van der Waals surface area contributed by atoms with Crippen molar-refractivity contribution in [1.82, 2.24) is 24.3 Å². The highest BCUT2D eigenvalue weighted by molar-refractivity contribution is 7.89. The van der Waals surface area contributed by atoms with E-state index in [1.807, 2.05) is 0 Å². The van der Waals surface area contributed by atoms with Crippen molar-refractivity contribution in [3.05, 3.63) is 28.5 Å². The molecule has 1 N–H and O–H groups in total. The van der Waals surface area contributed by atoms with Crippen molar-refractivity contribution in [2.75, 3.05) is 13.2 Å². The van der Waals surface area contributed by atoms with E-state index in [1.54, 1.807) is 6.92 Å². The molecular weight excluding hydrogens is 424 g/mol. The Morgan fingerprint density at radius 3 is 2.74 bits per heavy atom. The molecule has 0 bridgehead atoms. The fourth-order valence-corrected chi connectivity index (χ4v) is 5.02. The lowest BCUT2D eigenvalue weighted by Gasteiger charge is -2.38. The summed E-state index contributed by atoms with van der Waals surface area (Å²) in [6.07, 6.45) is -0.0267. The van der Waals surface area contributed by atoms with Crippen molar-refractivity contribution in [1.29, 1.82) is 0 Å². The van der Waals surface area contributed by atoms with Crippen LogP contribution in [0.5, 0.6) is 0 Å². The lowest BCUT2D eigenvalue weighted by Crippen LogP contribution is -2.59. The lowest BCUT2D eigenvalue weighted by molar-refractivity contribution is -0.0523. The molecule has 1 aliphatic heterocycles. The fraction of sp³-hybridized carbons (Fsp3) is 0.357. The quantitative estimate of drug-likeness (QED) is 0.661. The zero-order valence-electron chi connectivity index (χ0n) is 13.7.